The van der Waals surface area contributed by atoms with Crippen LogP contribution in [0.25, 0.3) is 0 Å². The van der Waals surface area contributed by atoms with Gasteiger partial charge in [-0.05, 0) is 25.2 Å². The molecule has 0 aliphatic carbocycles. The summed E-state index contributed by atoms with van der Waals surface area (Å²) in [5, 5.41) is 12.4. The fourth-order valence-electron chi connectivity index (χ4n) is 1.37. The molecule has 0 aromatic rings. The van der Waals surface area contributed by atoms with Gasteiger partial charge in [-0.1, -0.05) is 20.3 Å². The van der Waals surface area contributed by atoms with Crippen molar-refractivity contribution in [2.75, 3.05) is 20.2 Å². The van der Waals surface area contributed by atoms with Crippen LogP contribution in [-0.2, 0) is 9.63 Å². The van der Waals surface area contributed by atoms with Gasteiger partial charge < -0.3 is 10.4 Å². The van der Waals surface area contributed by atoms with E-state index in [-0.39, 0.29) is 12.5 Å². The second kappa shape index (κ2) is 10.6. The lowest BCUT2D eigenvalue weighted by atomic mass is 10.1. The molecule has 0 saturated carbocycles. The molecular weight excluding hydrogens is 248 g/mol. The summed E-state index contributed by atoms with van der Waals surface area (Å²) >= 11 is 0. The number of unbranched alkanes of at least 4 members (excludes halogenated alkanes) is 2. The third-order valence-electron chi connectivity index (χ3n) is 2.61. The van der Waals surface area contributed by atoms with Crippen LogP contribution in [0.5, 0.6) is 0 Å². The maximum Gasteiger partial charge on any atom is 0.341 e. The van der Waals surface area contributed by atoms with Crippen molar-refractivity contribution in [1.82, 2.24) is 10.4 Å². The minimum Gasteiger partial charge on any atom is -0.481 e. The SMILES string of the molecule is CC(C)CCON(C)C(=O)NCCCCCC(=O)O. The summed E-state index contributed by atoms with van der Waals surface area (Å²) in [6.07, 6.45) is 3.31. The first-order valence-electron chi connectivity index (χ1n) is 6.79. The fourth-order valence-corrected chi connectivity index (χ4v) is 1.37. The number of hydrogen-bond donors (Lipinski definition) is 2. The molecule has 0 rings (SSSR count). The summed E-state index contributed by atoms with van der Waals surface area (Å²) in [6, 6.07) is -0.262. The van der Waals surface area contributed by atoms with Gasteiger partial charge >= 0.3 is 12.0 Å². The third kappa shape index (κ3) is 11.5. The molecule has 0 aliphatic rings. The van der Waals surface area contributed by atoms with Crippen molar-refractivity contribution in [2.24, 2.45) is 5.92 Å². The van der Waals surface area contributed by atoms with Gasteiger partial charge in [0.2, 0.25) is 0 Å². The molecule has 0 fully saturated rings. The highest BCUT2D eigenvalue weighted by molar-refractivity contribution is 5.72. The van der Waals surface area contributed by atoms with Crippen LogP contribution < -0.4 is 5.32 Å². The third-order valence-corrected chi connectivity index (χ3v) is 2.61. The van der Waals surface area contributed by atoms with Crippen molar-refractivity contribution >= 4 is 12.0 Å². The largest absolute Gasteiger partial charge is 0.481 e. The van der Waals surface area contributed by atoms with E-state index in [0.29, 0.717) is 25.5 Å². The molecule has 0 unspecified atom stereocenters. The van der Waals surface area contributed by atoms with Crippen molar-refractivity contribution in [3.8, 4) is 0 Å². The van der Waals surface area contributed by atoms with Gasteiger partial charge in [-0.15, -0.1) is 0 Å². The minimum atomic E-state index is -0.776. The van der Waals surface area contributed by atoms with Gasteiger partial charge in [-0.25, -0.2) is 9.86 Å². The van der Waals surface area contributed by atoms with E-state index in [1.807, 2.05) is 0 Å². The zero-order chi connectivity index (χ0) is 14.7. The first kappa shape index (κ1) is 17.7. The van der Waals surface area contributed by atoms with E-state index in [9.17, 15) is 9.59 Å². The normalized spacial score (nSPS) is 10.5. The van der Waals surface area contributed by atoms with Crippen molar-refractivity contribution in [3.63, 3.8) is 0 Å². The summed E-state index contributed by atoms with van der Waals surface area (Å²) in [4.78, 5) is 27.1. The summed E-state index contributed by atoms with van der Waals surface area (Å²) < 4.78 is 0. The molecule has 0 spiro atoms. The maximum absolute atomic E-state index is 11.6. The number of nitrogens with one attached hydrogen (secondary N) is 1. The molecule has 0 aromatic heterocycles. The first-order valence-corrected chi connectivity index (χ1v) is 6.79. The molecule has 0 radical (unpaired) electrons. The molecule has 0 aliphatic heterocycles. The highest BCUT2D eigenvalue weighted by Gasteiger charge is 2.08. The number of nitrogens with zero attached hydrogens (tertiary/aromatic N) is 1. The topological polar surface area (TPSA) is 78.9 Å². The van der Waals surface area contributed by atoms with Gasteiger partial charge in [-0.2, -0.15) is 0 Å². The predicted molar refractivity (Wildman–Crippen MR) is 72.7 cm³/mol. The number of carboxylic acid groups (broad SMARTS) is 1. The van der Waals surface area contributed by atoms with E-state index in [1.165, 1.54) is 5.06 Å². The number of carbonyl (C=O) groups excluding carboxylic acids is 1. The van der Waals surface area contributed by atoms with Crippen LogP contribution in [0, 0.1) is 5.92 Å². The monoisotopic (exact) mass is 274 g/mol. The molecule has 0 saturated heterocycles. The quantitative estimate of drug-likeness (QED) is 0.473. The number of rotatable bonds is 10. The van der Waals surface area contributed by atoms with Crippen LogP contribution in [0.3, 0.4) is 0 Å². The second-order valence-electron chi connectivity index (χ2n) is 4.95. The van der Waals surface area contributed by atoms with Crippen LogP contribution in [0.1, 0.15) is 46.0 Å². The first-order chi connectivity index (χ1) is 8.93. The number of hydrogen-bond acceptors (Lipinski definition) is 3. The Morgan fingerprint density at radius 2 is 1.95 bits per heavy atom. The molecule has 0 atom stereocenters. The van der Waals surface area contributed by atoms with E-state index in [1.54, 1.807) is 7.05 Å². The Bertz CT molecular complexity index is 269. The molecule has 2 amide bonds. The fraction of sp³-hybridized carbons (Fsp3) is 0.846. The van der Waals surface area contributed by atoms with E-state index in [0.717, 1.165) is 19.3 Å². The highest BCUT2D eigenvalue weighted by atomic mass is 16.7. The lowest BCUT2D eigenvalue weighted by Gasteiger charge is -2.18. The Hall–Kier alpha value is -1.30. The molecule has 0 heterocycles. The Morgan fingerprint density at radius 1 is 1.26 bits per heavy atom. The Morgan fingerprint density at radius 3 is 2.53 bits per heavy atom. The molecular formula is C13H26N2O4. The summed E-state index contributed by atoms with van der Waals surface area (Å²) in [7, 11) is 1.58. The minimum absolute atomic E-state index is 0.187. The van der Waals surface area contributed by atoms with Gasteiger partial charge in [-0.3, -0.25) is 9.63 Å². The number of carboxylic acids is 1. The van der Waals surface area contributed by atoms with Crippen LogP contribution in [-0.4, -0.2) is 42.4 Å². The number of amides is 2. The van der Waals surface area contributed by atoms with Gasteiger partial charge in [0.05, 0.1) is 6.61 Å². The number of urea groups is 1. The molecule has 6 heteroatoms. The molecule has 19 heavy (non-hydrogen) atoms. The smallest absolute Gasteiger partial charge is 0.341 e. The van der Waals surface area contributed by atoms with Crippen molar-refractivity contribution in [2.45, 2.75) is 46.0 Å². The Labute approximate surface area is 115 Å². The molecule has 2 N–H and O–H groups in total. The van der Waals surface area contributed by atoms with Crippen LogP contribution in [0.2, 0.25) is 0 Å². The highest BCUT2D eigenvalue weighted by Crippen LogP contribution is 2.01. The Balaban J connectivity index is 3.49. The standard InChI is InChI=1S/C13H26N2O4/c1-11(2)8-10-19-15(3)13(18)14-9-6-4-5-7-12(16)17/h11H,4-10H2,1-3H3,(H,14,18)(H,16,17). The predicted octanol–water partition coefficient (Wildman–Crippen LogP) is 2.25. The summed E-state index contributed by atoms with van der Waals surface area (Å²) in [5.41, 5.74) is 0. The van der Waals surface area contributed by atoms with Crippen LogP contribution in [0.4, 0.5) is 4.79 Å². The zero-order valence-electron chi connectivity index (χ0n) is 12.1. The molecule has 6 nitrogen and oxygen atoms in total. The molecule has 0 bridgehead atoms. The maximum atomic E-state index is 11.6. The Kier molecular flexibility index (Phi) is 9.88. The number of hydroxylamine groups is 2. The van der Waals surface area contributed by atoms with E-state index < -0.39 is 5.97 Å². The van der Waals surface area contributed by atoms with E-state index in [2.05, 4.69) is 19.2 Å². The average molecular weight is 274 g/mol. The van der Waals surface area contributed by atoms with Crippen LogP contribution in [0.15, 0.2) is 0 Å². The van der Waals surface area contributed by atoms with Gasteiger partial charge in [0, 0.05) is 20.0 Å². The molecule has 112 valence electrons. The number of aliphatic carboxylic acids is 1. The lowest BCUT2D eigenvalue weighted by molar-refractivity contribution is -0.137. The van der Waals surface area contributed by atoms with E-state index in [4.69, 9.17) is 9.94 Å². The zero-order valence-corrected chi connectivity index (χ0v) is 12.1. The van der Waals surface area contributed by atoms with Gasteiger partial charge in [0.15, 0.2) is 0 Å². The second-order valence-corrected chi connectivity index (χ2v) is 4.95. The van der Waals surface area contributed by atoms with Gasteiger partial charge in [0.25, 0.3) is 0 Å². The van der Waals surface area contributed by atoms with Crippen LogP contribution >= 0.6 is 0 Å². The summed E-state index contributed by atoms with van der Waals surface area (Å²) in [5.74, 6) is -0.229. The lowest BCUT2D eigenvalue weighted by Crippen LogP contribution is -2.38. The number of carbonyl (C=O) groups is 2. The average Bonchev–Trinajstić information content (AvgIpc) is 2.32. The van der Waals surface area contributed by atoms with Gasteiger partial charge in [0.1, 0.15) is 0 Å². The van der Waals surface area contributed by atoms with E-state index >= 15 is 0 Å². The molecule has 0 aromatic carbocycles. The van der Waals surface area contributed by atoms with Crippen molar-refractivity contribution in [3.05, 3.63) is 0 Å². The van der Waals surface area contributed by atoms with Crippen molar-refractivity contribution in [1.29, 1.82) is 0 Å². The van der Waals surface area contributed by atoms with Crippen molar-refractivity contribution < 1.29 is 19.5 Å². The summed E-state index contributed by atoms with van der Waals surface area (Å²) in [6.45, 7) is 5.26.